The zero-order valence-corrected chi connectivity index (χ0v) is 15.4. The summed E-state index contributed by atoms with van der Waals surface area (Å²) in [5.74, 6) is -0.447. The third-order valence-corrected chi connectivity index (χ3v) is 5.10. The molecule has 0 N–H and O–H groups in total. The molecular weight excluding hydrogens is 375 g/mol. The van der Waals surface area contributed by atoms with Crippen molar-refractivity contribution in [1.82, 2.24) is 4.98 Å². The van der Waals surface area contributed by atoms with Crippen LogP contribution in [0, 0.1) is 6.92 Å². The number of nitrogens with zero attached hydrogens (tertiary/aromatic N) is 1. The van der Waals surface area contributed by atoms with Crippen molar-refractivity contribution < 1.29 is 22.7 Å². The fourth-order valence-corrected chi connectivity index (χ4v) is 3.66. The zero-order valence-electron chi connectivity index (χ0n) is 14.6. The minimum absolute atomic E-state index is 0.103. The fourth-order valence-electron chi connectivity index (χ4n) is 2.71. The summed E-state index contributed by atoms with van der Waals surface area (Å²) >= 11 is 1.17. The van der Waals surface area contributed by atoms with E-state index in [1.165, 1.54) is 23.5 Å². The number of alkyl halides is 3. The fraction of sp³-hybridized carbons (Fsp3) is 0.200. The first-order valence-corrected chi connectivity index (χ1v) is 9.04. The van der Waals surface area contributed by atoms with Gasteiger partial charge in [-0.2, -0.15) is 13.2 Å². The van der Waals surface area contributed by atoms with Gasteiger partial charge in [-0.3, -0.25) is 0 Å². The molecule has 0 aliphatic rings. The standard InChI is InChI=1S/C20H16F3NO2S/c1-3-26-19(25)17-12(2)24-18(27-17)14-8-6-7-13(11-14)15-9-4-5-10-16(15)20(21,22)23/h4-11H,3H2,1-2H3. The van der Waals surface area contributed by atoms with Gasteiger partial charge in [0.05, 0.1) is 17.9 Å². The molecule has 3 rings (SSSR count). The highest BCUT2D eigenvalue weighted by molar-refractivity contribution is 7.17. The van der Waals surface area contributed by atoms with Crippen LogP contribution in [0.25, 0.3) is 21.7 Å². The first-order valence-electron chi connectivity index (χ1n) is 8.23. The van der Waals surface area contributed by atoms with E-state index in [1.54, 1.807) is 44.2 Å². The van der Waals surface area contributed by atoms with Crippen LogP contribution in [0.5, 0.6) is 0 Å². The van der Waals surface area contributed by atoms with Gasteiger partial charge in [0, 0.05) is 5.56 Å². The van der Waals surface area contributed by atoms with Crippen molar-refractivity contribution in [3.63, 3.8) is 0 Å². The first kappa shape index (κ1) is 19.1. The van der Waals surface area contributed by atoms with Crippen LogP contribution in [-0.2, 0) is 10.9 Å². The van der Waals surface area contributed by atoms with E-state index >= 15 is 0 Å². The van der Waals surface area contributed by atoms with Crippen molar-refractivity contribution in [2.45, 2.75) is 20.0 Å². The molecule has 0 fully saturated rings. The molecule has 0 amide bonds. The third-order valence-electron chi connectivity index (χ3n) is 3.91. The van der Waals surface area contributed by atoms with Gasteiger partial charge in [-0.05, 0) is 37.1 Å². The van der Waals surface area contributed by atoms with Crippen LogP contribution >= 0.6 is 11.3 Å². The summed E-state index contributed by atoms with van der Waals surface area (Å²) < 4.78 is 45.0. The molecule has 0 atom stereocenters. The molecule has 0 spiro atoms. The number of aryl methyl sites for hydroxylation is 1. The number of esters is 1. The van der Waals surface area contributed by atoms with Crippen LogP contribution < -0.4 is 0 Å². The molecule has 0 saturated carbocycles. The number of rotatable bonds is 4. The van der Waals surface area contributed by atoms with Gasteiger partial charge in [0.1, 0.15) is 9.88 Å². The summed E-state index contributed by atoms with van der Waals surface area (Å²) in [5.41, 5.74) is 1.03. The number of hydrogen-bond donors (Lipinski definition) is 0. The van der Waals surface area contributed by atoms with Gasteiger partial charge in [-0.25, -0.2) is 9.78 Å². The van der Waals surface area contributed by atoms with Crippen molar-refractivity contribution in [3.05, 3.63) is 64.7 Å². The highest BCUT2D eigenvalue weighted by Crippen LogP contribution is 2.38. The van der Waals surface area contributed by atoms with Crippen molar-refractivity contribution in [2.24, 2.45) is 0 Å². The smallest absolute Gasteiger partial charge is 0.417 e. The molecular formula is C20H16F3NO2S. The highest BCUT2D eigenvalue weighted by atomic mass is 32.1. The minimum Gasteiger partial charge on any atom is -0.462 e. The maximum atomic E-state index is 13.3. The predicted octanol–water partition coefficient (Wildman–Crippen LogP) is 5.98. The zero-order chi connectivity index (χ0) is 19.6. The van der Waals surface area contributed by atoms with E-state index in [4.69, 9.17) is 4.74 Å². The Labute approximate surface area is 158 Å². The highest BCUT2D eigenvalue weighted by Gasteiger charge is 2.33. The molecule has 140 valence electrons. The van der Waals surface area contributed by atoms with E-state index in [0.29, 0.717) is 26.7 Å². The number of hydrogen-bond acceptors (Lipinski definition) is 4. The number of aromatic nitrogens is 1. The van der Waals surface area contributed by atoms with Crippen LogP contribution in [0.1, 0.15) is 27.9 Å². The summed E-state index contributed by atoms with van der Waals surface area (Å²) in [7, 11) is 0. The van der Waals surface area contributed by atoms with E-state index in [2.05, 4.69) is 4.98 Å². The Kier molecular flexibility index (Phi) is 5.32. The summed E-state index contributed by atoms with van der Waals surface area (Å²) in [5, 5.41) is 0.557. The molecule has 3 nitrogen and oxygen atoms in total. The summed E-state index contributed by atoms with van der Waals surface area (Å²) in [6, 6.07) is 12.2. The molecule has 0 aliphatic heterocycles. The van der Waals surface area contributed by atoms with E-state index in [1.807, 2.05) is 0 Å². The van der Waals surface area contributed by atoms with Crippen LogP contribution in [0.4, 0.5) is 13.2 Å². The normalized spacial score (nSPS) is 11.4. The molecule has 7 heteroatoms. The van der Waals surface area contributed by atoms with Gasteiger partial charge in [0.15, 0.2) is 0 Å². The number of halogens is 3. The second kappa shape index (κ2) is 7.52. The third kappa shape index (κ3) is 4.03. The largest absolute Gasteiger partial charge is 0.462 e. The molecule has 0 aliphatic carbocycles. The lowest BCUT2D eigenvalue weighted by atomic mass is 9.98. The minimum atomic E-state index is -4.44. The second-order valence-electron chi connectivity index (χ2n) is 5.78. The molecule has 3 aromatic rings. The number of carbonyl (C=O) groups excluding carboxylic acids is 1. The molecule has 0 saturated heterocycles. The van der Waals surface area contributed by atoms with Gasteiger partial charge < -0.3 is 4.74 Å². The quantitative estimate of drug-likeness (QED) is 0.514. The Balaban J connectivity index is 2.04. The van der Waals surface area contributed by atoms with Gasteiger partial charge in [-0.15, -0.1) is 11.3 Å². The monoisotopic (exact) mass is 391 g/mol. The molecule has 1 heterocycles. The van der Waals surface area contributed by atoms with Crippen molar-refractivity contribution in [1.29, 1.82) is 0 Å². The predicted molar refractivity (Wildman–Crippen MR) is 98.7 cm³/mol. The van der Waals surface area contributed by atoms with Gasteiger partial charge in [0.25, 0.3) is 0 Å². The van der Waals surface area contributed by atoms with Crippen LogP contribution in [0.2, 0.25) is 0 Å². The average Bonchev–Trinajstić information content (AvgIpc) is 3.03. The Bertz CT molecular complexity index is 979. The lowest BCUT2D eigenvalue weighted by Crippen LogP contribution is -2.06. The Morgan fingerprint density at radius 2 is 1.81 bits per heavy atom. The molecule has 0 unspecified atom stereocenters. The molecule has 1 aromatic heterocycles. The van der Waals surface area contributed by atoms with E-state index < -0.39 is 17.7 Å². The maximum absolute atomic E-state index is 13.3. The summed E-state index contributed by atoms with van der Waals surface area (Å²) in [6.07, 6.45) is -4.44. The SMILES string of the molecule is CCOC(=O)c1sc(-c2cccc(-c3ccccc3C(F)(F)F)c2)nc1C. The number of ether oxygens (including phenoxy) is 1. The first-order chi connectivity index (χ1) is 12.8. The maximum Gasteiger partial charge on any atom is 0.417 e. The average molecular weight is 391 g/mol. The molecule has 27 heavy (non-hydrogen) atoms. The number of thiazole rings is 1. The van der Waals surface area contributed by atoms with Crippen LogP contribution in [0.3, 0.4) is 0 Å². The van der Waals surface area contributed by atoms with Crippen molar-refractivity contribution in [3.8, 4) is 21.7 Å². The lowest BCUT2D eigenvalue weighted by molar-refractivity contribution is -0.137. The summed E-state index contributed by atoms with van der Waals surface area (Å²) in [4.78, 5) is 16.8. The number of benzene rings is 2. The second-order valence-corrected chi connectivity index (χ2v) is 6.78. The van der Waals surface area contributed by atoms with E-state index in [-0.39, 0.29) is 12.2 Å². The van der Waals surface area contributed by atoms with Gasteiger partial charge in [-0.1, -0.05) is 36.4 Å². The van der Waals surface area contributed by atoms with Crippen LogP contribution in [-0.4, -0.2) is 17.6 Å². The van der Waals surface area contributed by atoms with E-state index in [0.717, 1.165) is 6.07 Å². The Hall–Kier alpha value is -2.67. The Morgan fingerprint density at radius 1 is 1.11 bits per heavy atom. The topological polar surface area (TPSA) is 39.2 Å². The summed E-state index contributed by atoms with van der Waals surface area (Å²) in [6.45, 7) is 3.68. The number of carbonyl (C=O) groups is 1. The van der Waals surface area contributed by atoms with Crippen LogP contribution in [0.15, 0.2) is 48.5 Å². The molecule has 0 bridgehead atoms. The molecule has 0 radical (unpaired) electrons. The van der Waals surface area contributed by atoms with Gasteiger partial charge >= 0.3 is 12.1 Å². The molecule has 2 aromatic carbocycles. The van der Waals surface area contributed by atoms with Gasteiger partial charge in [0.2, 0.25) is 0 Å². The Morgan fingerprint density at radius 3 is 2.52 bits per heavy atom. The van der Waals surface area contributed by atoms with Crippen molar-refractivity contribution in [2.75, 3.05) is 6.61 Å². The van der Waals surface area contributed by atoms with Crippen molar-refractivity contribution >= 4 is 17.3 Å². The lowest BCUT2D eigenvalue weighted by Gasteiger charge is -2.13. The van der Waals surface area contributed by atoms with E-state index in [9.17, 15) is 18.0 Å².